The van der Waals surface area contributed by atoms with Gasteiger partial charge in [0, 0.05) is 31.8 Å². The summed E-state index contributed by atoms with van der Waals surface area (Å²) in [6.07, 6.45) is 3.34. The fourth-order valence-corrected chi connectivity index (χ4v) is 5.89. The van der Waals surface area contributed by atoms with Crippen LogP contribution in [0.25, 0.3) is 0 Å². The molecule has 0 saturated heterocycles. The lowest BCUT2D eigenvalue weighted by molar-refractivity contribution is -0.123. The second-order valence-corrected chi connectivity index (χ2v) is 10.2. The molecule has 2 heterocycles. The van der Waals surface area contributed by atoms with Crippen LogP contribution in [0.2, 0.25) is 0 Å². The monoisotopic (exact) mass is 515 g/mol. The molecule has 0 bridgehead atoms. The Morgan fingerprint density at radius 3 is 2.18 bits per heavy atom. The summed E-state index contributed by atoms with van der Waals surface area (Å²) < 4.78 is 6.69. The third-order valence-corrected chi connectivity index (χ3v) is 7.54. The quantitative estimate of drug-likeness (QED) is 0.517. The van der Waals surface area contributed by atoms with E-state index in [0.717, 1.165) is 24.0 Å². The highest BCUT2D eigenvalue weighted by Crippen LogP contribution is 2.41. The number of aromatic hydroxyl groups is 1. The maximum absolute atomic E-state index is 13.9. The minimum absolute atomic E-state index is 0.00149. The summed E-state index contributed by atoms with van der Waals surface area (Å²) in [5.41, 5.74) is 3.90. The molecule has 0 radical (unpaired) electrons. The number of ether oxygens (including phenoxy) is 1. The molecule has 8 heteroatoms. The number of hydrogen-bond acceptors (Lipinski definition) is 6. The lowest BCUT2D eigenvalue weighted by atomic mass is 9.92. The van der Waals surface area contributed by atoms with E-state index in [1.54, 1.807) is 15.8 Å². The molecule has 2 aromatic carbocycles. The Hall–Kier alpha value is -3.91. The Kier molecular flexibility index (Phi) is 7.08. The predicted octanol–water partition coefficient (Wildman–Crippen LogP) is 3.57. The maximum atomic E-state index is 13.9. The summed E-state index contributed by atoms with van der Waals surface area (Å²) in [5.74, 6) is -1.07. The van der Waals surface area contributed by atoms with Gasteiger partial charge in [0.25, 0.3) is 5.91 Å². The highest BCUT2D eigenvalue weighted by Gasteiger charge is 2.45. The summed E-state index contributed by atoms with van der Waals surface area (Å²) in [6, 6.07) is 17.2. The Labute approximate surface area is 222 Å². The number of benzene rings is 2. The number of pyridine rings is 1. The Balaban J connectivity index is 1.79. The Morgan fingerprint density at radius 1 is 1.00 bits per heavy atom. The number of nitrogens with zero attached hydrogens (tertiary/aromatic N) is 3. The van der Waals surface area contributed by atoms with Crippen molar-refractivity contribution in [1.29, 1.82) is 0 Å². The first-order valence-corrected chi connectivity index (χ1v) is 13.1. The number of rotatable bonds is 7. The van der Waals surface area contributed by atoms with E-state index >= 15 is 0 Å². The molecular weight excluding hydrogens is 482 g/mol. The SMILES string of the molecule is COCC(=O)CCC1N(C(C)C)C(=O)c2c(O)c(=O)ccn2N1C1c2ccccc2CCc2ccccc21. The minimum Gasteiger partial charge on any atom is -0.502 e. The van der Waals surface area contributed by atoms with Gasteiger partial charge in [-0.2, -0.15) is 0 Å². The van der Waals surface area contributed by atoms with Crippen LogP contribution in [0.15, 0.2) is 65.6 Å². The molecule has 0 spiro atoms. The molecule has 198 valence electrons. The Bertz CT molecular complexity index is 1380. The van der Waals surface area contributed by atoms with Gasteiger partial charge in [0.2, 0.25) is 5.43 Å². The number of carbonyl (C=O) groups excluding carboxylic acids is 2. The minimum atomic E-state index is -0.608. The first kappa shape index (κ1) is 25.7. The van der Waals surface area contributed by atoms with Gasteiger partial charge < -0.3 is 14.7 Å². The fraction of sp³-hybridized carbons (Fsp3) is 0.367. The van der Waals surface area contributed by atoms with E-state index in [4.69, 9.17) is 4.74 Å². The largest absolute Gasteiger partial charge is 0.502 e. The van der Waals surface area contributed by atoms with Gasteiger partial charge >= 0.3 is 0 Å². The zero-order valence-corrected chi connectivity index (χ0v) is 22.0. The Morgan fingerprint density at radius 2 is 1.61 bits per heavy atom. The zero-order valence-electron chi connectivity index (χ0n) is 22.0. The van der Waals surface area contributed by atoms with Gasteiger partial charge in [0.05, 0.1) is 6.04 Å². The van der Waals surface area contributed by atoms with Gasteiger partial charge in [-0.1, -0.05) is 48.5 Å². The van der Waals surface area contributed by atoms with E-state index in [1.165, 1.54) is 24.3 Å². The number of ketones is 1. The third-order valence-electron chi connectivity index (χ3n) is 7.54. The van der Waals surface area contributed by atoms with Crippen molar-refractivity contribution < 1.29 is 19.4 Å². The van der Waals surface area contributed by atoms with Crippen molar-refractivity contribution in [1.82, 2.24) is 9.58 Å². The molecule has 0 fully saturated rings. The number of fused-ring (bicyclic) bond motifs is 3. The van der Waals surface area contributed by atoms with Crippen molar-refractivity contribution in [2.45, 2.75) is 57.8 Å². The normalized spacial score (nSPS) is 17.2. The number of amides is 1. The first-order chi connectivity index (χ1) is 18.3. The number of carbonyl (C=O) groups is 2. The van der Waals surface area contributed by atoms with Gasteiger partial charge in [-0.05, 0) is 55.4 Å². The molecule has 2 aliphatic rings. The van der Waals surface area contributed by atoms with Crippen molar-refractivity contribution in [3.63, 3.8) is 0 Å². The summed E-state index contributed by atoms with van der Waals surface area (Å²) in [6.45, 7) is 3.81. The standard InChI is InChI=1S/C30H33N3O5/c1-19(2)32-26(15-14-22(34)18-38-3)33(31-17-16-25(35)29(36)28(31)30(32)37)27-23-10-6-4-8-20(23)12-13-21-9-5-7-11-24(21)27/h4-11,16-17,19,26-27,36H,12-15,18H2,1-3H3. The predicted molar refractivity (Wildman–Crippen MR) is 144 cm³/mol. The van der Waals surface area contributed by atoms with Crippen LogP contribution in [0.3, 0.4) is 0 Å². The molecule has 38 heavy (non-hydrogen) atoms. The van der Waals surface area contributed by atoms with Gasteiger partial charge in [-0.25, -0.2) is 0 Å². The van der Waals surface area contributed by atoms with Crippen molar-refractivity contribution >= 4 is 11.7 Å². The average molecular weight is 516 g/mol. The number of aromatic nitrogens is 1. The third kappa shape index (κ3) is 4.39. The number of aryl methyl sites for hydroxylation is 2. The molecule has 1 aliphatic heterocycles. The number of hydrogen-bond donors (Lipinski definition) is 1. The van der Waals surface area contributed by atoms with E-state index in [0.29, 0.717) is 6.42 Å². The van der Waals surface area contributed by atoms with Crippen LogP contribution >= 0.6 is 0 Å². The molecule has 5 rings (SSSR count). The van der Waals surface area contributed by atoms with Gasteiger partial charge in [-0.15, -0.1) is 0 Å². The van der Waals surface area contributed by atoms with E-state index in [1.807, 2.05) is 38.1 Å². The van der Waals surface area contributed by atoms with Crippen molar-refractivity contribution in [3.8, 4) is 5.75 Å². The van der Waals surface area contributed by atoms with Crippen LogP contribution in [0, 0.1) is 0 Å². The van der Waals surface area contributed by atoms with Crippen LogP contribution in [0.5, 0.6) is 5.75 Å². The lowest BCUT2D eigenvalue weighted by Crippen LogP contribution is -2.64. The maximum Gasteiger partial charge on any atom is 0.278 e. The molecule has 1 amide bonds. The number of methoxy groups -OCH3 is 1. The molecule has 8 nitrogen and oxygen atoms in total. The second kappa shape index (κ2) is 10.5. The van der Waals surface area contributed by atoms with Crippen LogP contribution < -0.4 is 10.4 Å². The molecule has 1 unspecified atom stereocenters. The molecule has 1 aromatic heterocycles. The summed E-state index contributed by atoms with van der Waals surface area (Å²) in [7, 11) is 1.49. The van der Waals surface area contributed by atoms with E-state index < -0.39 is 23.3 Å². The lowest BCUT2D eigenvalue weighted by Gasteiger charge is -2.51. The number of Topliss-reactive ketones (excluding diaryl/α,β-unsaturated/α-hetero) is 1. The van der Waals surface area contributed by atoms with Crippen molar-refractivity contribution in [3.05, 3.63) is 99.0 Å². The molecular formula is C30H33N3O5. The molecule has 1 N–H and O–H groups in total. The van der Waals surface area contributed by atoms with Crippen LogP contribution in [0.1, 0.15) is 65.5 Å². The van der Waals surface area contributed by atoms with Crippen LogP contribution in [-0.4, -0.2) is 52.3 Å². The molecule has 1 atom stereocenters. The van der Waals surface area contributed by atoms with Gasteiger partial charge in [0.1, 0.15) is 12.8 Å². The molecule has 1 aliphatic carbocycles. The smallest absolute Gasteiger partial charge is 0.278 e. The summed E-state index contributed by atoms with van der Waals surface area (Å²) >= 11 is 0. The fourth-order valence-electron chi connectivity index (χ4n) is 5.89. The first-order valence-electron chi connectivity index (χ1n) is 13.1. The summed E-state index contributed by atoms with van der Waals surface area (Å²) in [4.78, 5) is 40.6. The topological polar surface area (TPSA) is 92.1 Å². The van der Waals surface area contributed by atoms with Crippen molar-refractivity contribution in [2.75, 3.05) is 18.7 Å². The highest BCUT2D eigenvalue weighted by molar-refractivity contribution is 5.96. The zero-order chi connectivity index (χ0) is 27.0. The van der Waals surface area contributed by atoms with Crippen LogP contribution in [-0.2, 0) is 22.4 Å². The van der Waals surface area contributed by atoms with Gasteiger partial charge in [-0.3, -0.25) is 24.1 Å². The van der Waals surface area contributed by atoms with Crippen LogP contribution in [0.4, 0.5) is 0 Å². The average Bonchev–Trinajstić information content (AvgIpc) is 3.06. The molecule has 3 aromatic rings. The van der Waals surface area contributed by atoms with E-state index in [9.17, 15) is 19.5 Å². The highest BCUT2D eigenvalue weighted by atomic mass is 16.5. The van der Waals surface area contributed by atoms with E-state index in [-0.39, 0.29) is 36.6 Å². The van der Waals surface area contributed by atoms with Crippen molar-refractivity contribution in [2.24, 2.45) is 0 Å². The summed E-state index contributed by atoms with van der Waals surface area (Å²) in [5, 5.41) is 12.9. The molecule has 0 saturated carbocycles. The second-order valence-electron chi connectivity index (χ2n) is 10.2. The van der Waals surface area contributed by atoms with E-state index in [2.05, 4.69) is 29.3 Å². The van der Waals surface area contributed by atoms with Gasteiger partial charge in [0.15, 0.2) is 17.2 Å².